The SMILES string of the molecule is [CH2-]C.[CH3-].[CH3-].[CH3-].[K+].[K+].[K+]. The molecule has 0 unspecified atom stereocenters. The Morgan fingerprint density at radius 1 is 0.625 bits per heavy atom. The van der Waals surface area contributed by atoms with Gasteiger partial charge in [0.25, 0.3) is 0 Å². The molecule has 8 heavy (non-hydrogen) atoms. The van der Waals surface area contributed by atoms with E-state index in [9.17, 15) is 0 Å². The van der Waals surface area contributed by atoms with Crippen molar-refractivity contribution in [2.24, 2.45) is 0 Å². The van der Waals surface area contributed by atoms with Crippen molar-refractivity contribution in [2.45, 2.75) is 6.92 Å². The molecule has 0 amide bonds. The van der Waals surface area contributed by atoms with Gasteiger partial charge in [0.1, 0.15) is 0 Å². The summed E-state index contributed by atoms with van der Waals surface area (Å²) in [5, 5.41) is 0. The van der Waals surface area contributed by atoms with Gasteiger partial charge in [0.15, 0.2) is 0 Å². The van der Waals surface area contributed by atoms with Crippen LogP contribution in [-0.2, 0) is 0 Å². The van der Waals surface area contributed by atoms with Crippen LogP contribution in [0.25, 0.3) is 0 Å². The normalized spacial score (nSPS) is 0.750. The fourth-order valence-electron chi connectivity index (χ4n) is 0. The summed E-state index contributed by atoms with van der Waals surface area (Å²) in [6.45, 7) is 5.00. The minimum atomic E-state index is 0. The molecule has 0 N–H and O–H groups in total. The summed E-state index contributed by atoms with van der Waals surface area (Å²) in [6, 6.07) is 0. The van der Waals surface area contributed by atoms with E-state index in [1.165, 1.54) is 0 Å². The fraction of sp³-hybridized carbons (Fsp3) is 0.200. The van der Waals surface area contributed by atoms with Crippen molar-refractivity contribution in [3.05, 3.63) is 29.2 Å². The Bertz CT molecular complexity index is 7.64. The minimum absolute atomic E-state index is 0. The molecule has 0 atom stereocenters. The second-order valence-electron chi connectivity index (χ2n) is 0. The average molecular weight is 191 g/mol. The molecular weight excluding hydrogens is 177 g/mol. The van der Waals surface area contributed by atoms with Crippen LogP contribution in [-0.4, -0.2) is 0 Å². The first-order chi connectivity index (χ1) is 1.00. The third-order valence-corrected chi connectivity index (χ3v) is 0. The molecule has 0 aliphatic carbocycles. The molecule has 3 heteroatoms. The van der Waals surface area contributed by atoms with Crippen molar-refractivity contribution >= 4 is 0 Å². The van der Waals surface area contributed by atoms with Gasteiger partial charge >= 0.3 is 154 Å². The predicted octanol–water partition coefficient (Wildman–Crippen LogP) is -6.80. The Morgan fingerprint density at radius 2 is 0.625 bits per heavy atom. The second kappa shape index (κ2) is 58.8. The summed E-state index contributed by atoms with van der Waals surface area (Å²) < 4.78 is 0. The molecule has 0 aliphatic heterocycles. The number of rotatable bonds is 0. The molecule has 0 saturated carbocycles. The summed E-state index contributed by atoms with van der Waals surface area (Å²) >= 11 is 0. The molecule has 0 nitrogen and oxygen atoms in total. The summed E-state index contributed by atoms with van der Waals surface area (Å²) in [4.78, 5) is 0. The quantitative estimate of drug-likeness (QED) is 0.264. The molecule has 0 spiro atoms. The molecule has 0 radical (unpaired) electrons. The molecular formula is C5H14K3-. The van der Waals surface area contributed by atoms with Crippen molar-refractivity contribution < 1.29 is 154 Å². The molecule has 0 aliphatic rings. The van der Waals surface area contributed by atoms with Crippen LogP contribution in [0.5, 0.6) is 0 Å². The zero-order valence-electron chi connectivity index (χ0n) is 7.71. The molecule has 0 heterocycles. The average Bonchev–Trinajstić information content (AvgIpc) is 1.00. The Balaban J connectivity index is -0.000000000333. The van der Waals surface area contributed by atoms with Crippen molar-refractivity contribution in [1.82, 2.24) is 0 Å². The van der Waals surface area contributed by atoms with Gasteiger partial charge in [-0.1, -0.05) is 0 Å². The molecule has 0 bridgehead atoms. The van der Waals surface area contributed by atoms with E-state index >= 15 is 0 Å². The van der Waals surface area contributed by atoms with Crippen molar-refractivity contribution in [3.63, 3.8) is 0 Å². The monoisotopic (exact) mass is 191 g/mol. The van der Waals surface area contributed by atoms with Crippen LogP contribution in [0.4, 0.5) is 0 Å². The molecule has 38 valence electrons. The van der Waals surface area contributed by atoms with Crippen LogP contribution in [0, 0.1) is 29.2 Å². The van der Waals surface area contributed by atoms with Crippen molar-refractivity contribution in [3.8, 4) is 0 Å². The van der Waals surface area contributed by atoms with Crippen LogP contribution < -0.4 is 154 Å². The standard InChI is InChI=1S/C2H5.3CH3.3K/c1-2;;;;;;/h1H2,2H3;3*1H3;;;/q4*-1;3*+1. The van der Waals surface area contributed by atoms with E-state index in [4.69, 9.17) is 0 Å². The molecule has 0 rings (SSSR count). The number of hydrogen-bond acceptors (Lipinski definition) is 0. The zero-order valence-corrected chi connectivity index (χ0v) is 17.1. The summed E-state index contributed by atoms with van der Waals surface area (Å²) in [5.41, 5.74) is 0. The summed E-state index contributed by atoms with van der Waals surface area (Å²) in [6.07, 6.45) is 0. The van der Waals surface area contributed by atoms with Gasteiger partial charge in [0.05, 0.1) is 0 Å². The first-order valence-electron chi connectivity index (χ1n) is 0.707. The predicted molar refractivity (Wildman–Crippen MR) is 30.3 cm³/mol. The van der Waals surface area contributed by atoms with Gasteiger partial charge in [0, 0.05) is 0 Å². The van der Waals surface area contributed by atoms with Crippen LogP contribution in [0.2, 0.25) is 0 Å². The largest absolute Gasteiger partial charge is 1.00 e. The van der Waals surface area contributed by atoms with Crippen LogP contribution >= 0.6 is 0 Å². The Hall–Kier alpha value is 4.91. The van der Waals surface area contributed by atoms with Crippen molar-refractivity contribution in [2.75, 3.05) is 0 Å². The summed E-state index contributed by atoms with van der Waals surface area (Å²) in [7, 11) is 0. The van der Waals surface area contributed by atoms with E-state index < -0.39 is 0 Å². The van der Waals surface area contributed by atoms with Gasteiger partial charge in [0.2, 0.25) is 0 Å². The van der Waals surface area contributed by atoms with E-state index in [-0.39, 0.29) is 176 Å². The molecule has 0 aromatic heterocycles. The van der Waals surface area contributed by atoms with E-state index in [1.54, 1.807) is 6.92 Å². The topological polar surface area (TPSA) is 0 Å². The van der Waals surface area contributed by atoms with E-state index in [1.807, 2.05) is 0 Å². The zero-order chi connectivity index (χ0) is 2.00. The van der Waals surface area contributed by atoms with Crippen LogP contribution in [0.3, 0.4) is 0 Å². The van der Waals surface area contributed by atoms with E-state index in [0.29, 0.717) is 0 Å². The maximum atomic E-state index is 3.25. The Labute approximate surface area is 184 Å². The number of hydrogen-bond donors (Lipinski definition) is 0. The van der Waals surface area contributed by atoms with Gasteiger partial charge in [-0.15, -0.1) is 0 Å². The van der Waals surface area contributed by atoms with E-state index in [0.717, 1.165) is 0 Å². The minimum Gasteiger partial charge on any atom is -0.358 e. The Kier molecular flexibility index (Phi) is 385. The third kappa shape index (κ3) is 44.4. The molecule has 0 saturated heterocycles. The second-order valence-corrected chi connectivity index (χ2v) is 0. The van der Waals surface area contributed by atoms with Crippen LogP contribution in [0.15, 0.2) is 0 Å². The smallest absolute Gasteiger partial charge is 0.358 e. The first kappa shape index (κ1) is 52.4. The maximum Gasteiger partial charge on any atom is 1.00 e. The van der Waals surface area contributed by atoms with Gasteiger partial charge in [-0.05, 0) is 0 Å². The molecule has 0 aromatic carbocycles. The molecule has 0 aromatic rings. The molecule has 0 fully saturated rings. The van der Waals surface area contributed by atoms with Crippen LogP contribution in [0.1, 0.15) is 6.92 Å². The third-order valence-electron chi connectivity index (χ3n) is 0. The van der Waals surface area contributed by atoms with E-state index in [2.05, 4.69) is 6.92 Å². The first-order valence-corrected chi connectivity index (χ1v) is 0.707. The van der Waals surface area contributed by atoms with Crippen molar-refractivity contribution in [1.29, 1.82) is 0 Å². The van der Waals surface area contributed by atoms with Gasteiger partial charge in [-0.2, -0.15) is 6.92 Å². The summed E-state index contributed by atoms with van der Waals surface area (Å²) in [5.74, 6) is 0. The Morgan fingerprint density at radius 3 is 0.625 bits per heavy atom. The van der Waals surface area contributed by atoms with Gasteiger partial charge in [-0.25, -0.2) is 0 Å². The maximum absolute atomic E-state index is 3.25. The fourth-order valence-corrected chi connectivity index (χ4v) is 0. The van der Waals surface area contributed by atoms with Gasteiger partial charge < -0.3 is 29.2 Å². The van der Waals surface area contributed by atoms with Gasteiger partial charge in [-0.3, -0.25) is 0 Å².